The molecule has 1 heterocycles. The van der Waals surface area contributed by atoms with Crippen LogP contribution < -0.4 is 10.2 Å². The maximum absolute atomic E-state index is 12.9. The zero-order chi connectivity index (χ0) is 19.3. The van der Waals surface area contributed by atoms with Crippen LogP contribution in [0.2, 0.25) is 0 Å². The van der Waals surface area contributed by atoms with E-state index in [0.717, 1.165) is 36.3 Å². The predicted octanol–water partition coefficient (Wildman–Crippen LogP) is 5.19. The first-order chi connectivity index (χ1) is 13.7. The minimum atomic E-state index is 0.0376. The normalized spacial score (nSPS) is 17.1. The molecule has 0 spiro atoms. The standard InChI is InChI=1S/C24H28N2O2/c27-23(16-18-8-3-1-4-9-18)25-21-13-14-22-20(17-21)12-7-15-26(22)24(28)19-10-5-2-6-11-19/h2,5-6,10-11,13-14,17-18H,1,3-4,7-9,12,15-16H2,(H,25,27). The Balaban J connectivity index is 1.45. The van der Waals surface area contributed by atoms with Crippen molar-refractivity contribution < 1.29 is 9.59 Å². The highest BCUT2D eigenvalue weighted by Crippen LogP contribution is 2.31. The summed E-state index contributed by atoms with van der Waals surface area (Å²) in [7, 11) is 0. The van der Waals surface area contributed by atoms with Gasteiger partial charge in [0.2, 0.25) is 5.91 Å². The molecule has 0 unspecified atom stereocenters. The van der Waals surface area contributed by atoms with Crippen LogP contribution in [0.1, 0.15) is 60.9 Å². The number of nitrogens with zero attached hydrogens (tertiary/aromatic N) is 1. The average Bonchev–Trinajstić information content (AvgIpc) is 2.74. The maximum atomic E-state index is 12.9. The number of carbonyl (C=O) groups is 2. The van der Waals surface area contributed by atoms with Crippen molar-refractivity contribution in [1.29, 1.82) is 0 Å². The molecular weight excluding hydrogens is 348 g/mol. The molecule has 1 fully saturated rings. The van der Waals surface area contributed by atoms with Gasteiger partial charge in [-0.25, -0.2) is 0 Å². The Kier molecular flexibility index (Phi) is 5.75. The zero-order valence-electron chi connectivity index (χ0n) is 16.3. The van der Waals surface area contributed by atoms with Crippen molar-refractivity contribution in [2.75, 3.05) is 16.8 Å². The molecule has 2 aliphatic rings. The number of hydrogen-bond donors (Lipinski definition) is 1. The van der Waals surface area contributed by atoms with Gasteiger partial charge in [0, 0.05) is 29.9 Å². The van der Waals surface area contributed by atoms with E-state index >= 15 is 0 Å². The number of benzene rings is 2. The molecular formula is C24H28N2O2. The van der Waals surface area contributed by atoms with Crippen LogP contribution in [-0.2, 0) is 11.2 Å². The lowest BCUT2D eigenvalue weighted by atomic mass is 9.87. The summed E-state index contributed by atoms with van der Waals surface area (Å²) in [6.07, 6.45) is 8.65. The lowest BCUT2D eigenvalue weighted by Gasteiger charge is -2.30. The van der Waals surface area contributed by atoms with Crippen LogP contribution >= 0.6 is 0 Å². The summed E-state index contributed by atoms with van der Waals surface area (Å²) < 4.78 is 0. The third-order valence-corrected chi connectivity index (χ3v) is 5.95. The fraction of sp³-hybridized carbons (Fsp3) is 0.417. The molecule has 0 aromatic heterocycles. The van der Waals surface area contributed by atoms with Gasteiger partial charge in [0.1, 0.15) is 0 Å². The van der Waals surface area contributed by atoms with Gasteiger partial charge in [0.25, 0.3) is 5.91 Å². The molecule has 0 radical (unpaired) electrons. The third kappa shape index (κ3) is 4.27. The van der Waals surface area contributed by atoms with Crippen molar-refractivity contribution in [3.05, 3.63) is 59.7 Å². The number of aryl methyl sites for hydroxylation is 1. The predicted molar refractivity (Wildman–Crippen MR) is 113 cm³/mol. The fourth-order valence-electron chi connectivity index (χ4n) is 4.49. The summed E-state index contributed by atoms with van der Waals surface area (Å²) in [5.41, 5.74) is 3.64. The summed E-state index contributed by atoms with van der Waals surface area (Å²) in [5, 5.41) is 3.07. The van der Waals surface area contributed by atoms with Gasteiger partial charge in [0.05, 0.1) is 0 Å². The maximum Gasteiger partial charge on any atom is 0.258 e. The van der Waals surface area contributed by atoms with E-state index in [2.05, 4.69) is 5.32 Å². The summed E-state index contributed by atoms with van der Waals surface area (Å²) in [5.74, 6) is 0.681. The van der Waals surface area contributed by atoms with Crippen molar-refractivity contribution in [1.82, 2.24) is 0 Å². The molecule has 1 aliphatic carbocycles. The van der Waals surface area contributed by atoms with E-state index in [1.165, 1.54) is 32.1 Å². The molecule has 28 heavy (non-hydrogen) atoms. The third-order valence-electron chi connectivity index (χ3n) is 5.95. The summed E-state index contributed by atoms with van der Waals surface area (Å²) in [6, 6.07) is 15.4. The van der Waals surface area contributed by atoms with E-state index < -0.39 is 0 Å². The highest BCUT2D eigenvalue weighted by Gasteiger charge is 2.24. The molecule has 1 N–H and O–H groups in total. The Morgan fingerprint density at radius 3 is 2.54 bits per heavy atom. The largest absolute Gasteiger partial charge is 0.326 e. The van der Waals surface area contributed by atoms with Crippen LogP contribution in [0.3, 0.4) is 0 Å². The van der Waals surface area contributed by atoms with Gasteiger partial charge in [-0.1, -0.05) is 37.5 Å². The Bertz CT molecular complexity index is 841. The fourth-order valence-corrected chi connectivity index (χ4v) is 4.49. The first-order valence-corrected chi connectivity index (χ1v) is 10.5. The van der Waals surface area contributed by atoms with Crippen LogP contribution in [0, 0.1) is 5.92 Å². The number of amides is 2. The molecule has 4 heteroatoms. The molecule has 1 aliphatic heterocycles. The van der Waals surface area contributed by atoms with Crippen LogP contribution in [0.25, 0.3) is 0 Å². The minimum absolute atomic E-state index is 0.0376. The lowest BCUT2D eigenvalue weighted by Crippen LogP contribution is -2.35. The molecule has 2 aromatic carbocycles. The number of fused-ring (bicyclic) bond motifs is 1. The van der Waals surface area contributed by atoms with Gasteiger partial charge in [-0.05, 0) is 67.5 Å². The van der Waals surface area contributed by atoms with Gasteiger partial charge in [-0.3, -0.25) is 9.59 Å². The molecule has 0 bridgehead atoms. The number of hydrogen-bond acceptors (Lipinski definition) is 2. The van der Waals surface area contributed by atoms with E-state index in [1.807, 2.05) is 53.4 Å². The highest BCUT2D eigenvalue weighted by molar-refractivity contribution is 6.07. The van der Waals surface area contributed by atoms with Gasteiger partial charge in [-0.2, -0.15) is 0 Å². The van der Waals surface area contributed by atoms with Crippen molar-refractivity contribution in [3.63, 3.8) is 0 Å². The average molecular weight is 377 g/mol. The van der Waals surface area contributed by atoms with Gasteiger partial charge < -0.3 is 10.2 Å². The molecule has 146 valence electrons. The molecule has 2 aromatic rings. The smallest absolute Gasteiger partial charge is 0.258 e. The summed E-state index contributed by atoms with van der Waals surface area (Å²) >= 11 is 0. The first kappa shape index (κ1) is 18.7. The van der Waals surface area contributed by atoms with E-state index in [0.29, 0.717) is 17.9 Å². The second-order valence-corrected chi connectivity index (χ2v) is 8.03. The monoisotopic (exact) mass is 376 g/mol. The van der Waals surface area contributed by atoms with E-state index in [1.54, 1.807) is 0 Å². The number of carbonyl (C=O) groups excluding carboxylic acids is 2. The molecule has 4 nitrogen and oxygen atoms in total. The SMILES string of the molecule is O=C(CC1CCCCC1)Nc1ccc2c(c1)CCCN2C(=O)c1ccccc1. The van der Waals surface area contributed by atoms with E-state index in [4.69, 9.17) is 0 Å². The second kappa shape index (κ2) is 8.59. The Morgan fingerprint density at radius 2 is 1.75 bits per heavy atom. The van der Waals surface area contributed by atoms with Crippen LogP contribution in [0.5, 0.6) is 0 Å². The Hall–Kier alpha value is -2.62. The molecule has 0 saturated heterocycles. The quantitative estimate of drug-likeness (QED) is 0.798. The summed E-state index contributed by atoms with van der Waals surface area (Å²) in [4.78, 5) is 27.2. The molecule has 2 amide bonds. The second-order valence-electron chi connectivity index (χ2n) is 8.03. The van der Waals surface area contributed by atoms with Crippen molar-refractivity contribution >= 4 is 23.2 Å². The van der Waals surface area contributed by atoms with Crippen LogP contribution in [0.15, 0.2) is 48.5 Å². The van der Waals surface area contributed by atoms with Gasteiger partial charge in [0.15, 0.2) is 0 Å². The van der Waals surface area contributed by atoms with Gasteiger partial charge in [-0.15, -0.1) is 0 Å². The van der Waals surface area contributed by atoms with Crippen molar-refractivity contribution in [3.8, 4) is 0 Å². The van der Waals surface area contributed by atoms with Crippen LogP contribution in [0.4, 0.5) is 11.4 Å². The number of nitrogens with one attached hydrogen (secondary N) is 1. The van der Waals surface area contributed by atoms with Gasteiger partial charge >= 0.3 is 0 Å². The van der Waals surface area contributed by atoms with Crippen molar-refractivity contribution in [2.24, 2.45) is 5.92 Å². The minimum Gasteiger partial charge on any atom is -0.326 e. The molecule has 0 atom stereocenters. The molecule has 1 saturated carbocycles. The van der Waals surface area contributed by atoms with E-state index in [9.17, 15) is 9.59 Å². The van der Waals surface area contributed by atoms with Crippen LogP contribution in [-0.4, -0.2) is 18.4 Å². The number of rotatable bonds is 4. The molecule has 4 rings (SSSR count). The Labute approximate surface area is 166 Å². The zero-order valence-corrected chi connectivity index (χ0v) is 16.3. The number of anilines is 2. The first-order valence-electron chi connectivity index (χ1n) is 10.5. The highest BCUT2D eigenvalue weighted by atomic mass is 16.2. The topological polar surface area (TPSA) is 49.4 Å². The summed E-state index contributed by atoms with van der Waals surface area (Å²) in [6.45, 7) is 0.730. The Morgan fingerprint density at radius 1 is 0.964 bits per heavy atom. The lowest BCUT2D eigenvalue weighted by molar-refractivity contribution is -0.117. The van der Waals surface area contributed by atoms with Crippen molar-refractivity contribution in [2.45, 2.75) is 51.4 Å². The van der Waals surface area contributed by atoms with E-state index in [-0.39, 0.29) is 11.8 Å².